The molecule has 2 aliphatic rings. The zero-order valence-electron chi connectivity index (χ0n) is 18.0. The van der Waals surface area contributed by atoms with E-state index in [4.69, 9.17) is 0 Å². The van der Waals surface area contributed by atoms with E-state index in [1.807, 2.05) is 36.4 Å². The number of aromatic nitrogens is 2. The Bertz CT molecular complexity index is 1190. The first-order valence-corrected chi connectivity index (χ1v) is 10.7. The fraction of sp³-hybridized carbons (Fsp3) is 0.292. The highest BCUT2D eigenvalue weighted by Crippen LogP contribution is 2.22. The molecular formula is C24H24ClN5O3. The van der Waals surface area contributed by atoms with Gasteiger partial charge in [-0.05, 0) is 48.4 Å². The minimum Gasteiger partial charge on any atom is -0.337 e. The number of hydrogen-bond donors (Lipinski definition) is 0. The Hall–Kier alpha value is -3.52. The van der Waals surface area contributed by atoms with Gasteiger partial charge in [0.25, 0.3) is 5.91 Å². The molecule has 9 heteroatoms. The zero-order chi connectivity index (χ0) is 22.1. The number of pyridine rings is 2. The van der Waals surface area contributed by atoms with Crippen LogP contribution in [-0.2, 0) is 16.1 Å². The SMILES string of the molecule is Cl.O=C(c1ccc2ncccc2c1)N1CCC2C(=O)N(Cc3ccncc3)CC(=O)N2CC1. The Labute approximate surface area is 197 Å². The van der Waals surface area contributed by atoms with E-state index in [9.17, 15) is 14.4 Å². The highest BCUT2D eigenvalue weighted by Gasteiger charge is 2.41. The van der Waals surface area contributed by atoms with Gasteiger partial charge in [0, 0.05) is 55.7 Å². The molecule has 0 aliphatic carbocycles. The van der Waals surface area contributed by atoms with E-state index in [2.05, 4.69) is 9.97 Å². The number of fused-ring (bicyclic) bond motifs is 2. The van der Waals surface area contributed by atoms with Crippen molar-refractivity contribution in [1.82, 2.24) is 24.7 Å². The van der Waals surface area contributed by atoms with Crippen molar-refractivity contribution < 1.29 is 14.4 Å². The second-order valence-electron chi connectivity index (χ2n) is 8.14. The summed E-state index contributed by atoms with van der Waals surface area (Å²) in [6.07, 6.45) is 5.50. The van der Waals surface area contributed by atoms with Gasteiger partial charge in [-0.25, -0.2) is 0 Å². The van der Waals surface area contributed by atoms with Crippen LogP contribution in [0, 0.1) is 0 Å². The summed E-state index contributed by atoms with van der Waals surface area (Å²) in [6.45, 7) is 1.63. The van der Waals surface area contributed by atoms with Crippen LogP contribution >= 0.6 is 12.4 Å². The minimum absolute atomic E-state index is 0. The number of nitrogens with zero attached hydrogens (tertiary/aromatic N) is 5. The molecule has 3 amide bonds. The monoisotopic (exact) mass is 465 g/mol. The van der Waals surface area contributed by atoms with Crippen molar-refractivity contribution in [3.05, 3.63) is 72.2 Å². The molecule has 0 spiro atoms. The van der Waals surface area contributed by atoms with E-state index in [-0.39, 0.29) is 36.7 Å². The van der Waals surface area contributed by atoms with Crippen molar-refractivity contribution in [2.45, 2.75) is 19.0 Å². The molecule has 0 bridgehead atoms. The average Bonchev–Trinajstić information content (AvgIpc) is 3.06. The Morgan fingerprint density at radius 3 is 2.64 bits per heavy atom. The van der Waals surface area contributed by atoms with Gasteiger partial charge in [-0.3, -0.25) is 24.4 Å². The normalized spacial score (nSPS) is 18.5. The van der Waals surface area contributed by atoms with Crippen LogP contribution in [0.4, 0.5) is 0 Å². The first-order chi connectivity index (χ1) is 15.6. The van der Waals surface area contributed by atoms with E-state index >= 15 is 0 Å². The summed E-state index contributed by atoms with van der Waals surface area (Å²) in [5, 5.41) is 0.905. The number of piperazine rings is 1. The molecule has 8 nitrogen and oxygen atoms in total. The van der Waals surface area contributed by atoms with E-state index in [0.29, 0.717) is 38.2 Å². The molecule has 0 N–H and O–H groups in total. The van der Waals surface area contributed by atoms with Crippen LogP contribution in [0.5, 0.6) is 0 Å². The molecule has 1 aromatic carbocycles. The predicted molar refractivity (Wildman–Crippen MR) is 125 cm³/mol. The molecule has 0 radical (unpaired) electrons. The highest BCUT2D eigenvalue weighted by molar-refractivity contribution is 5.98. The fourth-order valence-corrected chi connectivity index (χ4v) is 4.46. The lowest BCUT2D eigenvalue weighted by atomic mass is 10.1. The summed E-state index contributed by atoms with van der Waals surface area (Å²) < 4.78 is 0. The molecule has 2 aliphatic heterocycles. The van der Waals surface area contributed by atoms with E-state index < -0.39 is 6.04 Å². The van der Waals surface area contributed by atoms with Crippen LogP contribution < -0.4 is 0 Å². The van der Waals surface area contributed by atoms with Crippen LogP contribution in [0.25, 0.3) is 10.9 Å². The number of hydrogen-bond acceptors (Lipinski definition) is 5. The third kappa shape index (κ3) is 4.52. The molecule has 2 saturated heterocycles. The summed E-state index contributed by atoms with van der Waals surface area (Å²) >= 11 is 0. The Balaban J connectivity index is 0.00000259. The van der Waals surface area contributed by atoms with Crippen LogP contribution in [0.3, 0.4) is 0 Å². The third-order valence-corrected chi connectivity index (χ3v) is 6.16. The van der Waals surface area contributed by atoms with Crippen LogP contribution in [0.2, 0.25) is 0 Å². The van der Waals surface area contributed by atoms with E-state index in [1.165, 1.54) is 0 Å². The standard InChI is InChI=1S/C24H23N5O3.ClH/c30-22-16-28(15-17-5-9-25-10-6-17)24(32)21-7-11-27(12-13-29(21)22)23(31)19-3-4-20-18(14-19)2-1-8-26-20;/h1-6,8-10,14,21H,7,11-13,15-16H2;1H. The highest BCUT2D eigenvalue weighted by atomic mass is 35.5. The van der Waals surface area contributed by atoms with Gasteiger partial charge >= 0.3 is 0 Å². The molecule has 2 fully saturated rings. The number of carbonyl (C=O) groups excluding carboxylic acids is 3. The average molecular weight is 466 g/mol. The van der Waals surface area contributed by atoms with Crippen LogP contribution in [0.15, 0.2) is 61.1 Å². The molecule has 4 heterocycles. The summed E-state index contributed by atoms with van der Waals surface area (Å²) in [6, 6.07) is 12.4. The van der Waals surface area contributed by atoms with Gasteiger partial charge in [0.2, 0.25) is 11.8 Å². The quantitative estimate of drug-likeness (QED) is 0.591. The first-order valence-electron chi connectivity index (χ1n) is 10.7. The molecule has 0 saturated carbocycles. The van der Waals surface area contributed by atoms with E-state index in [0.717, 1.165) is 16.5 Å². The Kier molecular flexibility index (Phi) is 6.55. The first kappa shape index (κ1) is 22.7. The third-order valence-electron chi connectivity index (χ3n) is 6.16. The number of carbonyl (C=O) groups is 3. The van der Waals surface area contributed by atoms with E-state index in [1.54, 1.807) is 39.4 Å². The molecule has 1 atom stereocenters. The van der Waals surface area contributed by atoms with Crippen molar-refractivity contribution in [2.75, 3.05) is 26.2 Å². The van der Waals surface area contributed by atoms with Gasteiger partial charge in [0.15, 0.2) is 0 Å². The summed E-state index contributed by atoms with van der Waals surface area (Å²) in [4.78, 5) is 52.4. The molecule has 170 valence electrons. The Morgan fingerprint density at radius 1 is 1.00 bits per heavy atom. The van der Waals surface area contributed by atoms with Crippen molar-refractivity contribution in [3.8, 4) is 0 Å². The second kappa shape index (κ2) is 9.54. The number of rotatable bonds is 3. The largest absolute Gasteiger partial charge is 0.337 e. The van der Waals surface area contributed by atoms with Gasteiger partial charge in [-0.1, -0.05) is 6.07 Å². The molecule has 1 unspecified atom stereocenters. The van der Waals surface area contributed by atoms with Gasteiger partial charge in [-0.15, -0.1) is 12.4 Å². The lowest BCUT2D eigenvalue weighted by molar-refractivity contribution is -0.156. The summed E-state index contributed by atoms with van der Waals surface area (Å²) in [7, 11) is 0. The van der Waals surface area contributed by atoms with Crippen LogP contribution in [0.1, 0.15) is 22.3 Å². The minimum atomic E-state index is -0.531. The number of amides is 3. The number of benzene rings is 1. The maximum Gasteiger partial charge on any atom is 0.253 e. The molecular weight excluding hydrogens is 442 g/mol. The van der Waals surface area contributed by atoms with Gasteiger partial charge in [0.05, 0.1) is 5.52 Å². The smallest absolute Gasteiger partial charge is 0.253 e. The van der Waals surface area contributed by atoms with Crippen molar-refractivity contribution in [2.24, 2.45) is 0 Å². The molecule has 5 rings (SSSR count). The van der Waals surface area contributed by atoms with Gasteiger partial charge in [-0.2, -0.15) is 0 Å². The Morgan fingerprint density at radius 2 is 1.82 bits per heavy atom. The summed E-state index contributed by atoms with van der Waals surface area (Å²) in [5.41, 5.74) is 2.36. The fourth-order valence-electron chi connectivity index (χ4n) is 4.46. The van der Waals surface area contributed by atoms with Crippen molar-refractivity contribution >= 4 is 41.0 Å². The lowest BCUT2D eigenvalue weighted by Gasteiger charge is -2.39. The topological polar surface area (TPSA) is 86.7 Å². The zero-order valence-corrected chi connectivity index (χ0v) is 18.8. The lowest BCUT2D eigenvalue weighted by Crippen LogP contribution is -2.59. The van der Waals surface area contributed by atoms with Gasteiger partial charge < -0.3 is 14.7 Å². The van der Waals surface area contributed by atoms with Crippen molar-refractivity contribution in [3.63, 3.8) is 0 Å². The molecule has 2 aromatic heterocycles. The maximum atomic E-state index is 13.2. The molecule has 3 aromatic rings. The van der Waals surface area contributed by atoms with Gasteiger partial charge in [0.1, 0.15) is 12.6 Å². The summed E-state index contributed by atoms with van der Waals surface area (Å²) in [5.74, 6) is -0.230. The number of halogens is 1. The predicted octanol–water partition coefficient (Wildman–Crippen LogP) is 2.14. The maximum absolute atomic E-state index is 13.2. The second-order valence-corrected chi connectivity index (χ2v) is 8.14. The van der Waals surface area contributed by atoms with Crippen LogP contribution in [-0.4, -0.2) is 74.6 Å². The molecule has 33 heavy (non-hydrogen) atoms. The van der Waals surface area contributed by atoms with Crippen molar-refractivity contribution in [1.29, 1.82) is 0 Å².